The molecule has 0 saturated heterocycles. The topological polar surface area (TPSA) is 79.7 Å². The van der Waals surface area contributed by atoms with E-state index in [9.17, 15) is 9.59 Å². The minimum Gasteiger partial charge on any atom is -0.486 e. The smallest absolute Gasteiger partial charge is 0.345 e. The summed E-state index contributed by atoms with van der Waals surface area (Å²) in [6.07, 6.45) is 1.44. The first-order chi connectivity index (χ1) is 14.5. The van der Waals surface area contributed by atoms with E-state index >= 15 is 0 Å². The van der Waals surface area contributed by atoms with Crippen LogP contribution in [0, 0.1) is 0 Å². The molecule has 0 bridgehead atoms. The van der Waals surface area contributed by atoms with Crippen LogP contribution >= 0.6 is 0 Å². The van der Waals surface area contributed by atoms with Gasteiger partial charge in [-0.2, -0.15) is 0 Å². The molecule has 0 radical (unpaired) electrons. The van der Waals surface area contributed by atoms with Gasteiger partial charge in [0.15, 0.2) is 0 Å². The Morgan fingerprint density at radius 2 is 1.70 bits per heavy atom. The van der Waals surface area contributed by atoms with E-state index < -0.39 is 11.9 Å². The number of fused-ring (bicyclic) bond motifs is 1. The van der Waals surface area contributed by atoms with E-state index in [0.29, 0.717) is 11.3 Å². The zero-order valence-electron chi connectivity index (χ0n) is 17.3. The molecule has 0 aliphatic rings. The molecule has 0 aliphatic heterocycles. The number of benzene rings is 2. The minimum absolute atomic E-state index is 0.161. The first-order valence-corrected chi connectivity index (χ1v) is 9.72. The summed E-state index contributed by atoms with van der Waals surface area (Å²) in [5, 5.41) is 0. The largest absolute Gasteiger partial charge is 0.486 e. The quantitative estimate of drug-likeness (QED) is 0.245. The fourth-order valence-electron chi connectivity index (χ4n) is 2.95. The maximum absolute atomic E-state index is 12.1. The Balaban J connectivity index is 1.80. The summed E-state index contributed by atoms with van der Waals surface area (Å²) in [7, 11) is 1.94. The standard InChI is InChI=1S/C23H24N2O5/c1-4-28-22(26)18(23(27)29-5-2)14-16-9-8-10-17(13-16)30-15-21-24-19-11-6-7-12-20(19)25(21)3/h6-14H,4-5,15H2,1-3H3. The highest BCUT2D eigenvalue weighted by Gasteiger charge is 2.21. The summed E-state index contributed by atoms with van der Waals surface area (Å²) in [5.74, 6) is -0.0669. The van der Waals surface area contributed by atoms with Crippen LogP contribution in [-0.2, 0) is 32.7 Å². The van der Waals surface area contributed by atoms with Crippen LogP contribution in [0.25, 0.3) is 17.1 Å². The number of nitrogens with zero attached hydrogens (tertiary/aromatic N) is 2. The molecule has 2 aromatic carbocycles. The molecule has 0 fully saturated rings. The molecular weight excluding hydrogens is 384 g/mol. The Morgan fingerprint density at radius 1 is 1.00 bits per heavy atom. The number of para-hydroxylation sites is 2. The summed E-state index contributed by atoms with van der Waals surface area (Å²) in [6, 6.07) is 15.0. The van der Waals surface area contributed by atoms with Crippen LogP contribution in [0.5, 0.6) is 5.75 Å². The molecule has 0 spiro atoms. The third-order valence-electron chi connectivity index (χ3n) is 4.41. The SMILES string of the molecule is CCOC(=O)C(=Cc1cccc(OCc2nc3ccccc3n2C)c1)C(=O)OCC. The van der Waals surface area contributed by atoms with Crippen molar-refractivity contribution in [2.24, 2.45) is 7.05 Å². The predicted molar refractivity (Wildman–Crippen MR) is 113 cm³/mol. The van der Waals surface area contributed by atoms with E-state index in [2.05, 4.69) is 4.98 Å². The molecule has 0 aliphatic carbocycles. The van der Waals surface area contributed by atoms with Gasteiger partial charge in [-0.05, 0) is 49.8 Å². The van der Waals surface area contributed by atoms with Gasteiger partial charge in [-0.15, -0.1) is 0 Å². The van der Waals surface area contributed by atoms with E-state index in [1.807, 2.05) is 35.9 Å². The molecular formula is C23H24N2O5. The van der Waals surface area contributed by atoms with Crippen LogP contribution in [0.2, 0.25) is 0 Å². The number of ether oxygens (including phenoxy) is 3. The van der Waals surface area contributed by atoms with Gasteiger partial charge in [-0.1, -0.05) is 24.3 Å². The van der Waals surface area contributed by atoms with Crippen molar-refractivity contribution >= 4 is 29.0 Å². The number of imidazole rings is 1. The Hall–Kier alpha value is -3.61. The fourth-order valence-corrected chi connectivity index (χ4v) is 2.95. The first kappa shape index (κ1) is 21.1. The van der Waals surface area contributed by atoms with Crippen LogP contribution in [0.4, 0.5) is 0 Å². The normalized spacial score (nSPS) is 10.5. The second-order valence-electron chi connectivity index (χ2n) is 6.44. The number of carbonyl (C=O) groups is 2. The summed E-state index contributed by atoms with van der Waals surface area (Å²) < 4.78 is 17.8. The van der Waals surface area contributed by atoms with Gasteiger partial charge in [-0.3, -0.25) is 0 Å². The number of rotatable bonds is 8. The van der Waals surface area contributed by atoms with Crippen molar-refractivity contribution in [2.75, 3.05) is 13.2 Å². The average molecular weight is 408 g/mol. The molecule has 30 heavy (non-hydrogen) atoms. The molecule has 1 aromatic heterocycles. The first-order valence-electron chi connectivity index (χ1n) is 9.72. The van der Waals surface area contributed by atoms with Gasteiger partial charge in [-0.25, -0.2) is 14.6 Å². The second kappa shape index (κ2) is 9.73. The Labute approximate surface area is 174 Å². The van der Waals surface area contributed by atoms with Crippen molar-refractivity contribution in [3.05, 3.63) is 65.5 Å². The van der Waals surface area contributed by atoms with E-state index in [1.165, 1.54) is 6.08 Å². The molecule has 0 N–H and O–H groups in total. The molecule has 3 aromatic rings. The molecule has 156 valence electrons. The van der Waals surface area contributed by atoms with Gasteiger partial charge in [0.2, 0.25) is 0 Å². The maximum atomic E-state index is 12.1. The van der Waals surface area contributed by atoms with Crippen molar-refractivity contribution in [3.8, 4) is 5.75 Å². The summed E-state index contributed by atoms with van der Waals surface area (Å²) in [6.45, 7) is 3.96. The lowest BCUT2D eigenvalue weighted by molar-refractivity contribution is -0.146. The maximum Gasteiger partial charge on any atom is 0.345 e. The number of esters is 2. The molecule has 3 rings (SSSR count). The molecule has 0 amide bonds. The lowest BCUT2D eigenvalue weighted by atomic mass is 10.1. The molecule has 0 unspecified atom stereocenters. The average Bonchev–Trinajstić information content (AvgIpc) is 3.07. The third-order valence-corrected chi connectivity index (χ3v) is 4.41. The Kier molecular flexibility index (Phi) is 6.85. The fraction of sp³-hybridized carbons (Fsp3) is 0.261. The van der Waals surface area contributed by atoms with Crippen LogP contribution in [0.3, 0.4) is 0 Å². The Morgan fingerprint density at radius 3 is 2.37 bits per heavy atom. The highest BCUT2D eigenvalue weighted by molar-refractivity contribution is 6.17. The highest BCUT2D eigenvalue weighted by atomic mass is 16.6. The molecule has 7 heteroatoms. The van der Waals surface area contributed by atoms with E-state index in [0.717, 1.165) is 16.9 Å². The highest BCUT2D eigenvalue weighted by Crippen LogP contribution is 2.20. The molecule has 0 atom stereocenters. The molecule has 0 saturated carbocycles. The van der Waals surface area contributed by atoms with Crippen molar-refractivity contribution in [3.63, 3.8) is 0 Å². The summed E-state index contributed by atoms with van der Waals surface area (Å²) in [5.41, 5.74) is 2.39. The monoisotopic (exact) mass is 408 g/mol. The van der Waals surface area contributed by atoms with E-state index in [-0.39, 0.29) is 25.4 Å². The van der Waals surface area contributed by atoms with Crippen LogP contribution in [0.1, 0.15) is 25.2 Å². The lowest BCUT2D eigenvalue weighted by Crippen LogP contribution is -2.18. The van der Waals surface area contributed by atoms with Gasteiger partial charge in [0.1, 0.15) is 23.8 Å². The van der Waals surface area contributed by atoms with Gasteiger partial charge < -0.3 is 18.8 Å². The van der Waals surface area contributed by atoms with Crippen LogP contribution in [-0.4, -0.2) is 34.7 Å². The Bertz CT molecular complexity index is 1060. The summed E-state index contributed by atoms with van der Waals surface area (Å²) in [4.78, 5) is 28.9. The van der Waals surface area contributed by atoms with Crippen molar-refractivity contribution < 1.29 is 23.8 Å². The zero-order chi connectivity index (χ0) is 21.5. The zero-order valence-corrected chi connectivity index (χ0v) is 17.3. The van der Waals surface area contributed by atoms with Crippen LogP contribution in [0.15, 0.2) is 54.1 Å². The minimum atomic E-state index is -0.720. The number of aryl methyl sites for hydroxylation is 1. The van der Waals surface area contributed by atoms with E-state index in [1.54, 1.807) is 38.1 Å². The number of aromatic nitrogens is 2. The van der Waals surface area contributed by atoms with Crippen molar-refractivity contribution in [1.29, 1.82) is 0 Å². The second-order valence-corrected chi connectivity index (χ2v) is 6.44. The van der Waals surface area contributed by atoms with Gasteiger partial charge in [0, 0.05) is 7.05 Å². The van der Waals surface area contributed by atoms with Crippen LogP contribution < -0.4 is 4.74 Å². The van der Waals surface area contributed by atoms with Gasteiger partial charge >= 0.3 is 11.9 Å². The molecule has 7 nitrogen and oxygen atoms in total. The number of hydrogen-bond donors (Lipinski definition) is 0. The number of carbonyl (C=O) groups excluding carboxylic acids is 2. The number of hydrogen-bond acceptors (Lipinski definition) is 6. The van der Waals surface area contributed by atoms with E-state index in [4.69, 9.17) is 14.2 Å². The lowest BCUT2D eigenvalue weighted by Gasteiger charge is -2.09. The summed E-state index contributed by atoms with van der Waals surface area (Å²) >= 11 is 0. The van der Waals surface area contributed by atoms with Gasteiger partial charge in [0.25, 0.3) is 0 Å². The predicted octanol–water partition coefficient (Wildman–Crippen LogP) is 3.66. The van der Waals surface area contributed by atoms with Crippen molar-refractivity contribution in [2.45, 2.75) is 20.5 Å². The van der Waals surface area contributed by atoms with Crippen molar-refractivity contribution in [1.82, 2.24) is 9.55 Å². The van der Waals surface area contributed by atoms with Gasteiger partial charge in [0.05, 0.1) is 24.2 Å². The third kappa shape index (κ3) is 4.86. The molecule has 1 heterocycles.